The quantitative estimate of drug-likeness (QED) is 0.0603. The lowest BCUT2D eigenvalue weighted by Gasteiger charge is -2.48. The van der Waals surface area contributed by atoms with Crippen LogP contribution < -0.4 is 19.5 Å². The van der Waals surface area contributed by atoms with Gasteiger partial charge < -0.3 is 19.2 Å². The molecule has 1 saturated heterocycles. The molecule has 2 unspecified atom stereocenters. The number of nitrogens with zero attached hydrogens (tertiary/aromatic N) is 1. The van der Waals surface area contributed by atoms with Crippen molar-refractivity contribution in [1.82, 2.24) is 9.62 Å². The molecule has 3 atom stereocenters. The van der Waals surface area contributed by atoms with Crippen LogP contribution in [0.5, 0.6) is 11.5 Å². The standard InChI is InChI=1S/C42H57N3O7S2Si/c1-6-10-27-50-36-22-24-37(25-23-36)54(48,49)45-31-39(40(45)28-33-17-13-11-14-18-33)43-30-42(52-55(7-2,8-3)9-4)35-21-26-41(38(29-35)44-53(5,46)47)51-32-34-19-15-12-16-20-34/h11-26,29,39-40,42-44H,6-10,27-28,30-32H2,1-5H3/t39?,40?,42-/m0/s1. The van der Waals surface area contributed by atoms with Crippen molar-refractivity contribution in [2.45, 2.75) is 94.8 Å². The third-order valence-electron chi connectivity index (χ3n) is 10.5. The number of unbranched alkanes of at least 4 members (excludes halogenated alkanes) is 1. The van der Waals surface area contributed by atoms with Crippen LogP contribution in [0.25, 0.3) is 0 Å². The summed E-state index contributed by atoms with van der Waals surface area (Å²) in [5.74, 6) is 1.07. The summed E-state index contributed by atoms with van der Waals surface area (Å²) in [7, 11) is -9.60. The SMILES string of the molecule is CCCCOc1ccc(S(=O)(=O)N2CC(NC[C@H](O[Si](CC)(CC)CC)c3ccc(OCc4ccccc4)c(NS(C)(=O)=O)c3)C2Cc2ccccc2)cc1. The van der Waals surface area contributed by atoms with E-state index in [1.54, 1.807) is 34.6 Å². The highest BCUT2D eigenvalue weighted by molar-refractivity contribution is 7.92. The van der Waals surface area contributed by atoms with Crippen LogP contribution >= 0.6 is 0 Å². The van der Waals surface area contributed by atoms with E-state index in [1.807, 2.05) is 72.8 Å². The number of sulfonamides is 2. The monoisotopic (exact) mass is 807 g/mol. The van der Waals surface area contributed by atoms with Gasteiger partial charge >= 0.3 is 0 Å². The fraction of sp³-hybridized carbons (Fsp3) is 0.429. The molecule has 298 valence electrons. The molecule has 0 bridgehead atoms. The molecule has 1 fully saturated rings. The highest BCUT2D eigenvalue weighted by Crippen LogP contribution is 2.36. The second kappa shape index (κ2) is 19.4. The molecule has 0 aliphatic carbocycles. The van der Waals surface area contributed by atoms with E-state index < -0.39 is 34.5 Å². The first-order valence-electron chi connectivity index (χ1n) is 19.4. The Labute approximate surface area is 329 Å². The molecule has 1 aliphatic rings. The fourth-order valence-corrected chi connectivity index (χ4v) is 12.0. The highest BCUT2D eigenvalue weighted by atomic mass is 32.2. The molecule has 0 saturated carbocycles. The maximum atomic E-state index is 14.1. The van der Waals surface area contributed by atoms with Gasteiger partial charge in [-0.2, -0.15) is 4.31 Å². The summed E-state index contributed by atoms with van der Waals surface area (Å²) >= 11 is 0. The normalized spacial score (nSPS) is 17.0. The summed E-state index contributed by atoms with van der Waals surface area (Å²) < 4.78 is 76.6. The van der Waals surface area contributed by atoms with Crippen LogP contribution in [0.15, 0.2) is 108 Å². The molecule has 4 aromatic carbocycles. The predicted molar refractivity (Wildman–Crippen MR) is 223 cm³/mol. The smallest absolute Gasteiger partial charge is 0.243 e. The summed E-state index contributed by atoms with van der Waals surface area (Å²) in [6.45, 7) is 10.2. The summed E-state index contributed by atoms with van der Waals surface area (Å²) in [6.07, 6.45) is 3.19. The van der Waals surface area contributed by atoms with Crippen molar-refractivity contribution in [3.8, 4) is 11.5 Å². The van der Waals surface area contributed by atoms with E-state index in [-0.39, 0.29) is 23.6 Å². The number of ether oxygens (including phenoxy) is 2. The molecule has 2 N–H and O–H groups in total. The van der Waals surface area contributed by atoms with Gasteiger partial charge in [0.15, 0.2) is 8.32 Å². The average Bonchev–Trinajstić information content (AvgIpc) is 3.18. The number of hydrogen-bond acceptors (Lipinski definition) is 8. The van der Waals surface area contributed by atoms with E-state index in [4.69, 9.17) is 13.9 Å². The van der Waals surface area contributed by atoms with E-state index in [0.717, 1.165) is 53.9 Å². The molecule has 0 spiro atoms. The van der Waals surface area contributed by atoms with Crippen LogP contribution in [0.4, 0.5) is 5.69 Å². The Morgan fingerprint density at radius 2 is 1.44 bits per heavy atom. The van der Waals surface area contributed by atoms with Crippen molar-refractivity contribution in [3.05, 3.63) is 120 Å². The van der Waals surface area contributed by atoms with Crippen LogP contribution in [0.2, 0.25) is 18.1 Å². The Bertz CT molecular complexity index is 2010. The lowest BCUT2D eigenvalue weighted by atomic mass is 9.92. The van der Waals surface area contributed by atoms with E-state index >= 15 is 0 Å². The Hall–Kier alpha value is -3.72. The third kappa shape index (κ3) is 11.4. The van der Waals surface area contributed by atoms with Crippen LogP contribution in [0.3, 0.4) is 0 Å². The molecule has 10 nitrogen and oxygen atoms in total. The molecular weight excluding hydrogens is 751 g/mol. The van der Waals surface area contributed by atoms with Crippen molar-refractivity contribution < 1.29 is 30.7 Å². The molecule has 13 heteroatoms. The first-order valence-corrected chi connectivity index (χ1v) is 25.2. The summed E-state index contributed by atoms with van der Waals surface area (Å²) in [5, 5.41) is 3.70. The van der Waals surface area contributed by atoms with E-state index in [9.17, 15) is 16.8 Å². The van der Waals surface area contributed by atoms with Gasteiger partial charge in [0, 0.05) is 25.2 Å². The van der Waals surface area contributed by atoms with Crippen molar-refractivity contribution in [3.63, 3.8) is 0 Å². The zero-order valence-electron chi connectivity index (χ0n) is 32.7. The fourth-order valence-electron chi connectivity index (χ4n) is 6.94. The number of rotatable bonds is 22. The number of nitrogens with one attached hydrogen (secondary N) is 2. The number of hydrogen-bond donors (Lipinski definition) is 2. The van der Waals surface area contributed by atoms with Gasteiger partial charge in [0.2, 0.25) is 20.0 Å². The summed E-state index contributed by atoms with van der Waals surface area (Å²) in [5.41, 5.74) is 3.15. The average molecular weight is 808 g/mol. The van der Waals surface area contributed by atoms with Gasteiger partial charge in [-0.25, -0.2) is 16.8 Å². The zero-order valence-corrected chi connectivity index (χ0v) is 35.4. The lowest BCUT2D eigenvalue weighted by molar-refractivity contribution is 0.109. The van der Waals surface area contributed by atoms with Gasteiger partial charge in [-0.15, -0.1) is 0 Å². The van der Waals surface area contributed by atoms with Crippen molar-refractivity contribution in [2.24, 2.45) is 0 Å². The van der Waals surface area contributed by atoms with E-state index in [1.165, 1.54) is 0 Å². The Balaban J connectivity index is 1.41. The molecule has 1 aliphatic heterocycles. The molecule has 55 heavy (non-hydrogen) atoms. The topological polar surface area (TPSA) is 123 Å². The minimum absolute atomic E-state index is 0.152. The Kier molecular flexibility index (Phi) is 15.0. The van der Waals surface area contributed by atoms with Crippen LogP contribution in [0, 0.1) is 0 Å². The number of anilines is 1. The zero-order chi connectivity index (χ0) is 39.5. The summed E-state index contributed by atoms with van der Waals surface area (Å²) in [6, 6.07) is 34.2. The first-order chi connectivity index (χ1) is 26.4. The molecular formula is C42H57N3O7S2Si. The molecule has 4 aromatic rings. The van der Waals surface area contributed by atoms with Crippen LogP contribution in [-0.2, 0) is 37.5 Å². The van der Waals surface area contributed by atoms with Gasteiger partial charge in [0.25, 0.3) is 0 Å². The highest BCUT2D eigenvalue weighted by Gasteiger charge is 2.46. The Morgan fingerprint density at radius 3 is 2.04 bits per heavy atom. The second-order valence-electron chi connectivity index (χ2n) is 14.3. The van der Waals surface area contributed by atoms with Crippen molar-refractivity contribution in [1.29, 1.82) is 0 Å². The Morgan fingerprint density at radius 1 is 0.800 bits per heavy atom. The van der Waals surface area contributed by atoms with Gasteiger partial charge in [-0.1, -0.05) is 101 Å². The maximum absolute atomic E-state index is 14.1. The minimum Gasteiger partial charge on any atom is -0.494 e. The largest absolute Gasteiger partial charge is 0.494 e. The van der Waals surface area contributed by atoms with Crippen LogP contribution in [-0.4, -0.2) is 67.5 Å². The third-order valence-corrected chi connectivity index (χ3v) is 17.6. The summed E-state index contributed by atoms with van der Waals surface area (Å²) in [4.78, 5) is 0.234. The lowest BCUT2D eigenvalue weighted by Crippen LogP contribution is -2.68. The van der Waals surface area contributed by atoms with Crippen molar-refractivity contribution >= 4 is 34.1 Å². The van der Waals surface area contributed by atoms with Gasteiger partial charge in [0.1, 0.15) is 18.1 Å². The predicted octanol–water partition coefficient (Wildman–Crippen LogP) is 8.15. The second-order valence-corrected chi connectivity index (χ2v) is 22.6. The van der Waals surface area contributed by atoms with Gasteiger partial charge in [-0.05, 0) is 84.1 Å². The van der Waals surface area contributed by atoms with Gasteiger partial charge in [-0.3, -0.25) is 4.72 Å². The van der Waals surface area contributed by atoms with E-state index in [2.05, 4.69) is 37.7 Å². The van der Waals surface area contributed by atoms with Gasteiger partial charge in [0.05, 0.1) is 29.5 Å². The molecule has 0 radical (unpaired) electrons. The van der Waals surface area contributed by atoms with Crippen molar-refractivity contribution in [2.75, 3.05) is 30.7 Å². The molecule has 5 rings (SSSR count). The minimum atomic E-state index is -3.80. The number of benzene rings is 4. The molecule has 0 aromatic heterocycles. The van der Waals surface area contributed by atoms with Crippen LogP contribution in [0.1, 0.15) is 63.3 Å². The molecule has 0 amide bonds. The van der Waals surface area contributed by atoms with E-state index in [0.29, 0.717) is 43.3 Å². The first kappa shape index (κ1) is 42.4. The molecule has 1 heterocycles. The maximum Gasteiger partial charge on any atom is 0.243 e.